The summed E-state index contributed by atoms with van der Waals surface area (Å²) in [4.78, 5) is 0. The summed E-state index contributed by atoms with van der Waals surface area (Å²) in [5.41, 5.74) is 1.10. The highest BCUT2D eigenvalue weighted by atomic mass is 19.1. The predicted octanol–water partition coefficient (Wildman–Crippen LogP) is 4.95. The first-order valence-electron chi connectivity index (χ1n) is 8.17. The average Bonchev–Trinajstić information content (AvgIpc) is 2.43. The van der Waals surface area contributed by atoms with E-state index in [4.69, 9.17) is 0 Å². The third-order valence-corrected chi connectivity index (χ3v) is 4.03. The quantitative estimate of drug-likeness (QED) is 0.639. The second-order valence-electron chi connectivity index (χ2n) is 5.74. The molecule has 1 aromatic carbocycles. The van der Waals surface area contributed by atoms with Crippen LogP contribution in [0, 0.1) is 11.7 Å². The molecule has 20 heavy (non-hydrogen) atoms. The maximum absolute atomic E-state index is 13.3. The maximum atomic E-state index is 13.3. The molecule has 114 valence electrons. The van der Waals surface area contributed by atoms with Crippen LogP contribution >= 0.6 is 0 Å². The number of halogens is 1. The number of unbranched alkanes of at least 4 members (excludes halogenated alkanes) is 1. The molecular formula is C18H30FN. The van der Waals surface area contributed by atoms with Crippen LogP contribution in [-0.4, -0.2) is 12.6 Å². The van der Waals surface area contributed by atoms with Gasteiger partial charge in [-0.1, -0.05) is 58.6 Å². The van der Waals surface area contributed by atoms with Gasteiger partial charge in [-0.15, -0.1) is 0 Å². The summed E-state index contributed by atoms with van der Waals surface area (Å²) in [5.74, 6) is 0.656. The molecule has 0 aliphatic carbocycles. The Hall–Kier alpha value is -0.890. The third-order valence-electron chi connectivity index (χ3n) is 4.03. The van der Waals surface area contributed by atoms with Gasteiger partial charge in [0, 0.05) is 6.04 Å². The topological polar surface area (TPSA) is 12.0 Å². The Bertz CT molecular complexity index is 364. The second kappa shape index (κ2) is 9.93. The van der Waals surface area contributed by atoms with Gasteiger partial charge in [0.1, 0.15) is 5.82 Å². The van der Waals surface area contributed by atoms with E-state index in [1.54, 1.807) is 6.07 Å². The molecule has 0 bridgehead atoms. The van der Waals surface area contributed by atoms with E-state index in [0.717, 1.165) is 24.4 Å². The molecule has 0 heterocycles. The van der Waals surface area contributed by atoms with Crippen molar-refractivity contribution in [1.82, 2.24) is 5.32 Å². The van der Waals surface area contributed by atoms with Gasteiger partial charge >= 0.3 is 0 Å². The summed E-state index contributed by atoms with van der Waals surface area (Å²) >= 11 is 0. The fraction of sp³-hybridized carbons (Fsp3) is 0.667. The van der Waals surface area contributed by atoms with E-state index >= 15 is 0 Å². The fourth-order valence-corrected chi connectivity index (χ4v) is 2.86. The van der Waals surface area contributed by atoms with Gasteiger partial charge in [-0.3, -0.25) is 0 Å². The number of benzene rings is 1. The molecule has 0 aromatic heterocycles. The molecule has 2 unspecified atom stereocenters. The smallest absolute Gasteiger partial charge is 0.123 e. The molecule has 0 saturated heterocycles. The van der Waals surface area contributed by atoms with Crippen LogP contribution in [0.4, 0.5) is 4.39 Å². The number of nitrogens with one attached hydrogen (secondary N) is 1. The van der Waals surface area contributed by atoms with Gasteiger partial charge in [0.15, 0.2) is 0 Å². The standard InChI is InChI=1S/C18H30FN/c1-4-7-9-15(5-2)13-18(20-6-3)14-16-10-8-11-17(19)12-16/h8,10-12,15,18,20H,4-7,9,13-14H2,1-3H3. The Morgan fingerprint density at radius 2 is 2.00 bits per heavy atom. The molecule has 0 saturated carbocycles. The monoisotopic (exact) mass is 279 g/mol. The Morgan fingerprint density at radius 1 is 1.20 bits per heavy atom. The van der Waals surface area contributed by atoms with Gasteiger partial charge in [0.25, 0.3) is 0 Å². The summed E-state index contributed by atoms with van der Waals surface area (Å²) < 4.78 is 13.3. The van der Waals surface area contributed by atoms with Crippen LogP contribution in [0.25, 0.3) is 0 Å². The lowest BCUT2D eigenvalue weighted by molar-refractivity contribution is 0.350. The van der Waals surface area contributed by atoms with Gasteiger partial charge in [-0.05, 0) is 43.0 Å². The summed E-state index contributed by atoms with van der Waals surface area (Å²) in [6, 6.07) is 7.48. The van der Waals surface area contributed by atoms with Gasteiger partial charge < -0.3 is 5.32 Å². The molecule has 0 amide bonds. The van der Waals surface area contributed by atoms with Crippen LogP contribution in [0.2, 0.25) is 0 Å². The van der Waals surface area contributed by atoms with Crippen molar-refractivity contribution in [2.45, 2.75) is 65.3 Å². The third kappa shape index (κ3) is 6.51. The zero-order chi connectivity index (χ0) is 14.8. The van der Waals surface area contributed by atoms with Crippen molar-refractivity contribution in [3.63, 3.8) is 0 Å². The van der Waals surface area contributed by atoms with Crippen molar-refractivity contribution in [1.29, 1.82) is 0 Å². The Kier molecular flexibility index (Phi) is 8.52. The first-order valence-corrected chi connectivity index (χ1v) is 8.17. The molecule has 0 aliphatic heterocycles. The molecule has 0 aliphatic rings. The number of hydrogen-bond donors (Lipinski definition) is 1. The Labute approximate surface area is 124 Å². The molecule has 1 nitrogen and oxygen atoms in total. The zero-order valence-corrected chi connectivity index (χ0v) is 13.3. The van der Waals surface area contributed by atoms with Crippen LogP contribution in [0.1, 0.15) is 58.4 Å². The Balaban J connectivity index is 2.58. The molecular weight excluding hydrogens is 249 g/mol. The van der Waals surface area contributed by atoms with E-state index in [2.05, 4.69) is 26.1 Å². The highest BCUT2D eigenvalue weighted by Gasteiger charge is 2.15. The maximum Gasteiger partial charge on any atom is 0.123 e. The van der Waals surface area contributed by atoms with Crippen molar-refractivity contribution in [2.24, 2.45) is 5.92 Å². The van der Waals surface area contributed by atoms with E-state index < -0.39 is 0 Å². The predicted molar refractivity (Wildman–Crippen MR) is 85.5 cm³/mol. The van der Waals surface area contributed by atoms with Crippen molar-refractivity contribution >= 4 is 0 Å². The lowest BCUT2D eigenvalue weighted by Gasteiger charge is -2.23. The van der Waals surface area contributed by atoms with Gasteiger partial charge in [0.2, 0.25) is 0 Å². The van der Waals surface area contributed by atoms with Crippen LogP contribution in [0.15, 0.2) is 24.3 Å². The number of rotatable bonds is 10. The number of likely N-dealkylation sites (N-methyl/N-ethyl adjacent to an activating group) is 1. The summed E-state index contributed by atoms with van der Waals surface area (Å²) in [5, 5.41) is 3.57. The molecule has 1 aromatic rings. The highest BCUT2D eigenvalue weighted by Crippen LogP contribution is 2.20. The van der Waals surface area contributed by atoms with E-state index in [-0.39, 0.29) is 5.82 Å². The molecule has 1 rings (SSSR count). The minimum Gasteiger partial charge on any atom is -0.314 e. The van der Waals surface area contributed by atoms with Gasteiger partial charge in [-0.25, -0.2) is 4.39 Å². The lowest BCUT2D eigenvalue weighted by Crippen LogP contribution is -2.33. The van der Waals surface area contributed by atoms with Crippen LogP contribution in [0.3, 0.4) is 0 Å². The van der Waals surface area contributed by atoms with Crippen LogP contribution in [-0.2, 0) is 6.42 Å². The van der Waals surface area contributed by atoms with Crippen molar-refractivity contribution < 1.29 is 4.39 Å². The van der Waals surface area contributed by atoms with E-state index in [1.165, 1.54) is 38.2 Å². The SMILES string of the molecule is CCCCC(CC)CC(Cc1cccc(F)c1)NCC. The normalized spacial score (nSPS) is 14.2. The van der Waals surface area contributed by atoms with Gasteiger partial charge in [-0.2, -0.15) is 0 Å². The first kappa shape index (κ1) is 17.2. The first-order chi connectivity index (χ1) is 9.69. The van der Waals surface area contributed by atoms with Crippen molar-refractivity contribution in [3.8, 4) is 0 Å². The van der Waals surface area contributed by atoms with Crippen LogP contribution in [0.5, 0.6) is 0 Å². The molecule has 0 fully saturated rings. The lowest BCUT2D eigenvalue weighted by atomic mass is 9.89. The fourth-order valence-electron chi connectivity index (χ4n) is 2.86. The molecule has 1 N–H and O–H groups in total. The van der Waals surface area contributed by atoms with Crippen LogP contribution < -0.4 is 5.32 Å². The number of hydrogen-bond acceptors (Lipinski definition) is 1. The average molecular weight is 279 g/mol. The molecule has 2 heteroatoms. The molecule has 2 atom stereocenters. The molecule has 0 radical (unpaired) electrons. The van der Waals surface area contributed by atoms with Crippen molar-refractivity contribution in [2.75, 3.05) is 6.54 Å². The Morgan fingerprint density at radius 3 is 2.60 bits per heavy atom. The van der Waals surface area contributed by atoms with E-state index in [1.807, 2.05) is 12.1 Å². The van der Waals surface area contributed by atoms with E-state index in [0.29, 0.717) is 6.04 Å². The highest BCUT2D eigenvalue weighted by molar-refractivity contribution is 5.17. The zero-order valence-electron chi connectivity index (χ0n) is 13.3. The summed E-state index contributed by atoms with van der Waals surface area (Å²) in [7, 11) is 0. The van der Waals surface area contributed by atoms with Crippen molar-refractivity contribution in [3.05, 3.63) is 35.6 Å². The minimum atomic E-state index is -0.129. The minimum absolute atomic E-state index is 0.129. The molecule has 0 spiro atoms. The van der Waals surface area contributed by atoms with E-state index in [9.17, 15) is 4.39 Å². The largest absolute Gasteiger partial charge is 0.314 e. The summed E-state index contributed by atoms with van der Waals surface area (Å²) in [6.07, 6.45) is 7.27. The second-order valence-corrected chi connectivity index (χ2v) is 5.74. The van der Waals surface area contributed by atoms with Gasteiger partial charge in [0.05, 0.1) is 0 Å². The summed E-state index contributed by atoms with van der Waals surface area (Å²) in [6.45, 7) is 7.66.